The van der Waals surface area contributed by atoms with Gasteiger partial charge >= 0.3 is 0 Å². The van der Waals surface area contributed by atoms with Crippen molar-refractivity contribution < 1.29 is 4.84 Å². The fourth-order valence-corrected chi connectivity index (χ4v) is 0.211. The summed E-state index contributed by atoms with van der Waals surface area (Å²) in [5.41, 5.74) is 0. The molecule has 0 spiro atoms. The van der Waals surface area contributed by atoms with Crippen LogP contribution in [-0.4, -0.2) is 18.4 Å². The normalized spacial score (nSPS) is 11.1. The van der Waals surface area contributed by atoms with Crippen LogP contribution in [0.25, 0.3) is 0 Å². The molecule has 0 saturated heterocycles. The van der Waals surface area contributed by atoms with Crippen molar-refractivity contribution >= 4 is 0 Å². The van der Waals surface area contributed by atoms with Gasteiger partial charge in [0.2, 0.25) is 0 Å². The summed E-state index contributed by atoms with van der Waals surface area (Å²) in [6.45, 7) is 3.52. The molecule has 0 fully saturated rings. The van der Waals surface area contributed by atoms with Gasteiger partial charge in [0.1, 0.15) is 0 Å². The van der Waals surface area contributed by atoms with Crippen LogP contribution in [0.2, 0.25) is 0 Å². The largest absolute Gasteiger partial charge is 0.762 e. The van der Waals surface area contributed by atoms with Crippen LogP contribution < -0.4 is 0 Å². The molecule has 0 saturated carbocycles. The van der Waals surface area contributed by atoms with Crippen LogP contribution in [0.3, 0.4) is 0 Å². The average Bonchev–Trinajstić information content (AvgIpc) is 1.65. The van der Waals surface area contributed by atoms with Crippen molar-refractivity contribution in [3.8, 4) is 0 Å². The van der Waals surface area contributed by atoms with Gasteiger partial charge in [-0.2, -0.15) is 0 Å². The van der Waals surface area contributed by atoms with E-state index in [1.807, 2.05) is 0 Å². The van der Waals surface area contributed by atoms with Crippen molar-refractivity contribution in [2.75, 3.05) is 7.11 Å². The van der Waals surface area contributed by atoms with E-state index in [4.69, 9.17) is 0 Å². The summed E-state index contributed by atoms with van der Waals surface area (Å²) in [5, 5.41) is 10.7. The summed E-state index contributed by atoms with van der Waals surface area (Å²) >= 11 is 0. The Morgan fingerprint density at radius 2 is 2.00 bits per heavy atom. The molecule has 0 rings (SSSR count). The maximum absolute atomic E-state index is 10.2. The standard InChI is InChI=1S/C4H10NO2/c1-4(2)5(6)7-3/h4H,1-3H3/q-1. The molecule has 0 aliphatic carbocycles. The molecular formula is C4H10NO2-. The first-order chi connectivity index (χ1) is 3.18. The molecule has 0 unspecified atom stereocenters. The van der Waals surface area contributed by atoms with Crippen molar-refractivity contribution in [2.45, 2.75) is 19.9 Å². The van der Waals surface area contributed by atoms with E-state index in [0.717, 1.165) is 0 Å². The summed E-state index contributed by atoms with van der Waals surface area (Å²) in [6.07, 6.45) is 0. The molecule has 0 heterocycles. The molecule has 0 aromatic heterocycles. The summed E-state index contributed by atoms with van der Waals surface area (Å²) in [4.78, 5) is 4.29. The quantitative estimate of drug-likeness (QED) is 0.485. The monoisotopic (exact) mass is 104 g/mol. The minimum absolute atomic E-state index is 0.0787. The lowest BCUT2D eigenvalue weighted by molar-refractivity contribution is -0.110. The number of nitrogens with zero attached hydrogens (tertiary/aromatic N) is 1. The van der Waals surface area contributed by atoms with E-state index in [-0.39, 0.29) is 6.04 Å². The number of hydrogen-bond acceptors (Lipinski definition) is 3. The van der Waals surface area contributed by atoms with Crippen LogP contribution >= 0.6 is 0 Å². The maximum Gasteiger partial charge on any atom is 0.0563 e. The van der Waals surface area contributed by atoms with Gasteiger partial charge in [-0.05, 0) is 13.8 Å². The van der Waals surface area contributed by atoms with E-state index in [1.165, 1.54) is 7.11 Å². The second-order valence-electron chi connectivity index (χ2n) is 1.56. The molecule has 0 aliphatic rings. The lowest BCUT2D eigenvalue weighted by Crippen LogP contribution is -2.22. The van der Waals surface area contributed by atoms with Crippen LogP contribution in [0, 0.1) is 5.21 Å². The molecule has 0 aliphatic heterocycles. The van der Waals surface area contributed by atoms with Crippen molar-refractivity contribution in [1.29, 1.82) is 0 Å². The molecule has 7 heavy (non-hydrogen) atoms. The molecule has 0 atom stereocenters. The zero-order chi connectivity index (χ0) is 5.86. The van der Waals surface area contributed by atoms with E-state index in [1.54, 1.807) is 13.8 Å². The van der Waals surface area contributed by atoms with Gasteiger partial charge in [-0.3, -0.25) is 5.23 Å². The Kier molecular flexibility index (Phi) is 2.91. The lowest BCUT2D eigenvalue weighted by Gasteiger charge is -2.28. The first-order valence-corrected chi connectivity index (χ1v) is 2.19. The van der Waals surface area contributed by atoms with E-state index in [2.05, 4.69) is 4.84 Å². The number of hydroxylamine groups is 2. The number of hydrogen-bond donors (Lipinski definition) is 0. The maximum atomic E-state index is 10.2. The van der Waals surface area contributed by atoms with Gasteiger partial charge in [0.15, 0.2) is 0 Å². The summed E-state index contributed by atoms with van der Waals surface area (Å²) in [5.74, 6) is 0. The summed E-state index contributed by atoms with van der Waals surface area (Å²) in [7, 11) is 1.35. The van der Waals surface area contributed by atoms with Crippen LogP contribution in [0.4, 0.5) is 0 Å². The fourth-order valence-electron chi connectivity index (χ4n) is 0.211. The molecule has 3 nitrogen and oxygen atoms in total. The number of rotatable bonds is 2. The van der Waals surface area contributed by atoms with Crippen molar-refractivity contribution in [2.24, 2.45) is 0 Å². The van der Waals surface area contributed by atoms with E-state index < -0.39 is 0 Å². The minimum atomic E-state index is -0.0787. The second kappa shape index (κ2) is 2.96. The molecule has 44 valence electrons. The predicted molar refractivity (Wildman–Crippen MR) is 27.4 cm³/mol. The third kappa shape index (κ3) is 2.56. The van der Waals surface area contributed by atoms with Crippen LogP contribution in [0.15, 0.2) is 0 Å². The Morgan fingerprint density at radius 3 is 2.00 bits per heavy atom. The molecule has 3 heteroatoms. The highest BCUT2D eigenvalue weighted by Gasteiger charge is 1.90. The lowest BCUT2D eigenvalue weighted by atomic mass is 10.4. The van der Waals surface area contributed by atoms with Crippen LogP contribution in [-0.2, 0) is 4.84 Å². The molecule has 0 aromatic rings. The van der Waals surface area contributed by atoms with Crippen molar-refractivity contribution in [1.82, 2.24) is 5.23 Å². The van der Waals surface area contributed by atoms with E-state index in [9.17, 15) is 5.21 Å². The van der Waals surface area contributed by atoms with Gasteiger partial charge in [-0.25, -0.2) is 0 Å². The first kappa shape index (κ1) is 6.88. The molecule has 0 amide bonds. The summed E-state index contributed by atoms with van der Waals surface area (Å²) in [6, 6.07) is -0.0787. The Balaban J connectivity index is 3.14. The molecule has 0 aromatic carbocycles. The molecule has 0 N–H and O–H groups in total. The van der Waals surface area contributed by atoms with Gasteiger partial charge in [-0.1, -0.05) is 0 Å². The molecule has 0 bridgehead atoms. The predicted octanol–water partition coefficient (Wildman–Crippen LogP) is 0.756. The zero-order valence-corrected chi connectivity index (χ0v) is 4.84. The Bertz CT molecular complexity index is 47.0. The van der Waals surface area contributed by atoms with Gasteiger partial charge < -0.3 is 10.0 Å². The van der Waals surface area contributed by atoms with Crippen molar-refractivity contribution in [3.63, 3.8) is 0 Å². The highest BCUT2D eigenvalue weighted by atomic mass is 16.9. The third-order valence-corrected chi connectivity index (χ3v) is 0.602. The zero-order valence-electron chi connectivity index (χ0n) is 4.84. The summed E-state index contributed by atoms with van der Waals surface area (Å²) < 4.78 is 0. The van der Waals surface area contributed by atoms with E-state index in [0.29, 0.717) is 5.23 Å². The van der Waals surface area contributed by atoms with Crippen LogP contribution in [0.5, 0.6) is 0 Å². The molecular weight excluding hydrogens is 94.0 g/mol. The SMILES string of the molecule is CON([O-])C(C)C. The minimum Gasteiger partial charge on any atom is -0.762 e. The van der Waals surface area contributed by atoms with Gasteiger partial charge in [0.05, 0.1) is 7.11 Å². The third-order valence-electron chi connectivity index (χ3n) is 0.602. The van der Waals surface area contributed by atoms with Crippen molar-refractivity contribution in [3.05, 3.63) is 5.21 Å². The second-order valence-corrected chi connectivity index (χ2v) is 1.56. The van der Waals surface area contributed by atoms with Gasteiger partial charge in [0.25, 0.3) is 0 Å². The Morgan fingerprint density at radius 1 is 1.57 bits per heavy atom. The topological polar surface area (TPSA) is 35.5 Å². The highest BCUT2D eigenvalue weighted by molar-refractivity contribution is 4.48. The van der Waals surface area contributed by atoms with Crippen LogP contribution in [0.1, 0.15) is 13.8 Å². The average molecular weight is 104 g/mol. The Labute approximate surface area is 43.4 Å². The van der Waals surface area contributed by atoms with E-state index >= 15 is 0 Å². The highest BCUT2D eigenvalue weighted by Crippen LogP contribution is 1.91. The molecule has 0 radical (unpaired) electrons. The first-order valence-electron chi connectivity index (χ1n) is 2.19. The Hall–Kier alpha value is -0.120. The smallest absolute Gasteiger partial charge is 0.0563 e. The van der Waals surface area contributed by atoms with Gasteiger partial charge in [-0.15, -0.1) is 0 Å². The van der Waals surface area contributed by atoms with Gasteiger partial charge in [0, 0.05) is 6.04 Å². The fraction of sp³-hybridized carbons (Fsp3) is 1.00.